The molecule has 0 radical (unpaired) electrons. The SMILES string of the molecule is CCOc1cc(CCN2CCNCC2)cc(Br)c1OC. The minimum atomic E-state index is 0.643. The quantitative estimate of drug-likeness (QED) is 0.860. The Kier molecular flexibility index (Phi) is 6.13. The first-order valence-corrected chi connectivity index (χ1v) is 7.96. The molecule has 1 N–H and O–H groups in total. The van der Waals surface area contributed by atoms with Crippen LogP contribution in [-0.2, 0) is 6.42 Å². The standard InChI is InChI=1S/C15H23BrN2O2/c1-3-20-14-11-12(10-13(16)15(14)19-2)4-7-18-8-5-17-6-9-18/h10-11,17H,3-9H2,1-2H3. The van der Waals surface area contributed by atoms with E-state index in [1.165, 1.54) is 5.56 Å². The lowest BCUT2D eigenvalue weighted by Crippen LogP contribution is -2.44. The Bertz CT molecular complexity index is 434. The summed E-state index contributed by atoms with van der Waals surface area (Å²) in [5, 5.41) is 3.38. The number of rotatable bonds is 6. The summed E-state index contributed by atoms with van der Waals surface area (Å²) in [5.41, 5.74) is 1.28. The number of piperazine rings is 1. The molecule has 1 heterocycles. The molecule has 0 aliphatic carbocycles. The van der Waals surface area contributed by atoms with Crippen molar-refractivity contribution < 1.29 is 9.47 Å². The topological polar surface area (TPSA) is 33.7 Å². The number of nitrogens with one attached hydrogen (secondary N) is 1. The van der Waals surface area contributed by atoms with E-state index in [1.54, 1.807) is 7.11 Å². The van der Waals surface area contributed by atoms with Gasteiger partial charge in [-0.1, -0.05) is 0 Å². The first kappa shape index (κ1) is 15.6. The molecule has 0 unspecified atom stereocenters. The number of benzene rings is 1. The maximum Gasteiger partial charge on any atom is 0.174 e. The van der Waals surface area contributed by atoms with Gasteiger partial charge < -0.3 is 19.7 Å². The molecule has 1 aromatic rings. The maximum absolute atomic E-state index is 5.66. The van der Waals surface area contributed by atoms with Crippen molar-refractivity contribution in [3.05, 3.63) is 22.2 Å². The normalized spacial score (nSPS) is 16.1. The highest BCUT2D eigenvalue weighted by atomic mass is 79.9. The van der Waals surface area contributed by atoms with Gasteiger partial charge in [-0.05, 0) is 47.0 Å². The number of hydrogen-bond acceptors (Lipinski definition) is 4. The van der Waals surface area contributed by atoms with E-state index < -0.39 is 0 Å². The molecule has 4 nitrogen and oxygen atoms in total. The molecule has 1 aliphatic rings. The van der Waals surface area contributed by atoms with Gasteiger partial charge in [0.2, 0.25) is 0 Å². The molecule has 1 fully saturated rings. The van der Waals surface area contributed by atoms with Crippen LogP contribution in [0.1, 0.15) is 12.5 Å². The molecule has 5 heteroatoms. The smallest absolute Gasteiger partial charge is 0.174 e. The number of methoxy groups -OCH3 is 1. The van der Waals surface area contributed by atoms with Crippen LogP contribution in [0.5, 0.6) is 11.5 Å². The van der Waals surface area contributed by atoms with Crippen LogP contribution in [-0.4, -0.2) is 51.3 Å². The van der Waals surface area contributed by atoms with Crippen LogP contribution in [0.4, 0.5) is 0 Å². The van der Waals surface area contributed by atoms with Crippen LogP contribution < -0.4 is 14.8 Å². The van der Waals surface area contributed by atoms with Crippen LogP contribution in [0.3, 0.4) is 0 Å². The van der Waals surface area contributed by atoms with E-state index in [9.17, 15) is 0 Å². The molecular formula is C15H23BrN2O2. The summed E-state index contributed by atoms with van der Waals surface area (Å²) in [5.74, 6) is 1.59. The van der Waals surface area contributed by atoms with Crippen molar-refractivity contribution in [3.8, 4) is 11.5 Å². The van der Waals surface area contributed by atoms with E-state index in [0.29, 0.717) is 6.61 Å². The van der Waals surface area contributed by atoms with E-state index in [1.807, 2.05) is 6.92 Å². The molecule has 20 heavy (non-hydrogen) atoms. The molecule has 1 saturated heterocycles. The Morgan fingerprint density at radius 3 is 2.70 bits per heavy atom. The van der Waals surface area contributed by atoms with Gasteiger partial charge in [-0.2, -0.15) is 0 Å². The van der Waals surface area contributed by atoms with Gasteiger partial charge in [-0.25, -0.2) is 0 Å². The van der Waals surface area contributed by atoms with Gasteiger partial charge in [0.05, 0.1) is 18.2 Å². The fraction of sp³-hybridized carbons (Fsp3) is 0.600. The minimum Gasteiger partial charge on any atom is -0.492 e. The molecule has 112 valence electrons. The van der Waals surface area contributed by atoms with E-state index in [0.717, 1.165) is 55.1 Å². The molecule has 0 bridgehead atoms. The third kappa shape index (κ3) is 4.11. The molecule has 0 amide bonds. The van der Waals surface area contributed by atoms with Crippen molar-refractivity contribution in [1.29, 1.82) is 0 Å². The Morgan fingerprint density at radius 1 is 1.30 bits per heavy atom. The Hall–Kier alpha value is -0.780. The Morgan fingerprint density at radius 2 is 2.05 bits per heavy atom. The lowest BCUT2D eigenvalue weighted by atomic mass is 10.1. The van der Waals surface area contributed by atoms with Crippen molar-refractivity contribution in [2.45, 2.75) is 13.3 Å². The summed E-state index contributed by atoms with van der Waals surface area (Å²) >= 11 is 3.57. The first-order valence-electron chi connectivity index (χ1n) is 7.17. The summed E-state index contributed by atoms with van der Waals surface area (Å²) in [7, 11) is 1.67. The van der Waals surface area contributed by atoms with Crippen LogP contribution >= 0.6 is 15.9 Å². The van der Waals surface area contributed by atoms with Crippen molar-refractivity contribution in [3.63, 3.8) is 0 Å². The molecule has 0 aromatic heterocycles. The van der Waals surface area contributed by atoms with E-state index >= 15 is 0 Å². The summed E-state index contributed by atoms with van der Waals surface area (Å²) in [6, 6.07) is 4.22. The molecule has 2 rings (SSSR count). The van der Waals surface area contributed by atoms with E-state index in [-0.39, 0.29) is 0 Å². The maximum atomic E-state index is 5.66. The zero-order chi connectivity index (χ0) is 14.4. The predicted octanol–water partition coefficient (Wildman–Crippen LogP) is 2.30. The highest BCUT2D eigenvalue weighted by Crippen LogP contribution is 2.36. The average Bonchev–Trinajstić information content (AvgIpc) is 2.46. The minimum absolute atomic E-state index is 0.643. The second-order valence-electron chi connectivity index (χ2n) is 4.88. The molecule has 0 saturated carbocycles. The number of ether oxygens (including phenoxy) is 2. The van der Waals surface area contributed by atoms with Gasteiger partial charge in [0.15, 0.2) is 11.5 Å². The summed E-state index contributed by atoms with van der Waals surface area (Å²) in [4.78, 5) is 2.50. The molecule has 1 aliphatic heterocycles. The Balaban J connectivity index is 2.03. The summed E-state index contributed by atoms with van der Waals surface area (Å²) in [6.07, 6.45) is 1.03. The summed E-state index contributed by atoms with van der Waals surface area (Å²) < 4.78 is 12.0. The van der Waals surface area contributed by atoms with Gasteiger partial charge in [-0.15, -0.1) is 0 Å². The third-order valence-electron chi connectivity index (χ3n) is 3.50. The predicted molar refractivity (Wildman–Crippen MR) is 84.9 cm³/mol. The fourth-order valence-corrected chi connectivity index (χ4v) is 3.10. The second-order valence-corrected chi connectivity index (χ2v) is 5.74. The molecule has 0 atom stereocenters. The molecular weight excluding hydrogens is 320 g/mol. The monoisotopic (exact) mass is 342 g/mol. The van der Waals surface area contributed by atoms with Gasteiger partial charge in [0.25, 0.3) is 0 Å². The summed E-state index contributed by atoms with van der Waals surface area (Å²) in [6.45, 7) is 8.18. The van der Waals surface area contributed by atoms with E-state index in [4.69, 9.17) is 9.47 Å². The van der Waals surface area contributed by atoms with Crippen LogP contribution in [0, 0.1) is 0 Å². The first-order chi connectivity index (χ1) is 9.74. The van der Waals surface area contributed by atoms with Gasteiger partial charge >= 0.3 is 0 Å². The molecule has 0 spiro atoms. The lowest BCUT2D eigenvalue weighted by Gasteiger charge is -2.27. The van der Waals surface area contributed by atoms with Crippen molar-refractivity contribution >= 4 is 15.9 Å². The van der Waals surface area contributed by atoms with Crippen molar-refractivity contribution in [2.75, 3.05) is 46.4 Å². The highest BCUT2D eigenvalue weighted by Gasteiger charge is 2.13. The second kappa shape index (κ2) is 7.86. The largest absolute Gasteiger partial charge is 0.492 e. The fourth-order valence-electron chi connectivity index (χ4n) is 2.45. The van der Waals surface area contributed by atoms with E-state index in [2.05, 4.69) is 38.3 Å². The van der Waals surface area contributed by atoms with Crippen LogP contribution in [0.15, 0.2) is 16.6 Å². The number of hydrogen-bond donors (Lipinski definition) is 1. The molecule has 1 aromatic carbocycles. The van der Waals surface area contributed by atoms with Crippen LogP contribution in [0.2, 0.25) is 0 Å². The third-order valence-corrected chi connectivity index (χ3v) is 4.09. The van der Waals surface area contributed by atoms with Gasteiger partial charge in [0.1, 0.15) is 0 Å². The van der Waals surface area contributed by atoms with Crippen molar-refractivity contribution in [1.82, 2.24) is 10.2 Å². The number of nitrogens with zero attached hydrogens (tertiary/aromatic N) is 1. The zero-order valence-electron chi connectivity index (χ0n) is 12.2. The lowest BCUT2D eigenvalue weighted by molar-refractivity contribution is 0.243. The Labute approximate surface area is 129 Å². The van der Waals surface area contributed by atoms with Gasteiger partial charge in [0, 0.05) is 32.7 Å². The highest BCUT2D eigenvalue weighted by molar-refractivity contribution is 9.10. The number of halogens is 1. The average molecular weight is 343 g/mol. The van der Waals surface area contributed by atoms with Gasteiger partial charge in [-0.3, -0.25) is 0 Å². The zero-order valence-corrected chi connectivity index (χ0v) is 13.8. The van der Waals surface area contributed by atoms with Crippen LogP contribution in [0.25, 0.3) is 0 Å². The van der Waals surface area contributed by atoms with Crippen molar-refractivity contribution in [2.24, 2.45) is 0 Å².